The van der Waals surface area contributed by atoms with Crippen molar-refractivity contribution < 1.29 is 9.53 Å². The summed E-state index contributed by atoms with van der Waals surface area (Å²) in [5.41, 5.74) is 2.72. The van der Waals surface area contributed by atoms with Gasteiger partial charge in [0.2, 0.25) is 0 Å². The highest BCUT2D eigenvalue weighted by molar-refractivity contribution is 5.98. The summed E-state index contributed by atoms with van der Waals surface area (Å²) in [5, 5.41) is 0.988. The van der Waals surface area contributed by atoms with Crippen LogP contribution in [0.4, 0.5) is 0 Å². The normalized spacial score (nSPS) is 17.2. The van der Waals surface area contributed by atoms with E-state index in [0.29, 0.717) is 18.7 Å². The van der Waals surface area contributed by atoms with Crippen molar-refractivity contribution in [1.29, 1.82) is 0 Å². The highest BCUT2D eigenvalue weighted by Crippen LogP contribution is 2.27. The van der Waals surface area contributed by atoms with Gasteiger partial charge in [-0.1, -0.05) is 6.07 Å². The number of benzene rings is 1. The van der Waals surface area contributed by atoms with Crippen LogP contribution in [0.3, 0.4) is 0 Å². The van der Waals surface area contributed by atoms with Crippen LogP contribution in [0.1, 0.15) is 34.3 Å². The van der Waals surface area contributed by atoms with E-state index in [2.05, 4.69) is 14.5 Å². The van der Waals surface area contributed by atoms with Gasteiger partial charge in [0, 0.05) is 49.2 Å². The maximum Gasteiger partial charge on any atom is 0.253 e. The average Bonchev–Trinajstić information content (AvgIpc) is 3.28. The number of fused-ring (bicyclic) bond motifs is 1. The predicted octanol–water partition coefficient (Wildman–Crippen LogP) is 2.97. The van der Waals surface area contributed by atoms with Crippen molar-refractivity contribution in [1.82, 2.24) is 19.4 Å². The third-order valence-corrected chi connectivity index (χ3v) is 5.00. The van der Waals surface area contributed by atoms with Gasteiger partial charge in [-0.25, -0.2) is 4.98 Å². The number of ether oxygens (including phenoxy) is 1. The fraction of sp³-hybridized carbons (Fsp3) is 0.350. The molecule has 1 aliphatic heterocycles. The topological polar surface area (TPSA) is 60.2 Å². The summed E-state index contributed by atoms with van der Waals surface area (Å²) in [7, 11) is 1.67. The van der Waals surface area contributed by atoms with Crippen molar-refractivity contribution in [2.24, 2.45) is 0 Å². The first-order valence-corrected chi connectivity index (χ1v) is 8.83. The molecule has 6 nitrogen and oxygen atoms in total. The van der Waals surface area contributed by atoms with Gasteiger partial charge in [0.15, 0.2) is 0 Å². The molecule has 0 radical (unpaired) electrons. The SMILES string of the molecule is COCc1ncc(C)n1C1CCN(C(=O)c2ccc3ncccc3c2)C1. The van der Waals surface area contributed by atoms with Gasteiger partial charge >= 0.3 is 0 Å². The Hall–Kier alpha value is -2.73. The molecule has 3 heterocycles. The summed E-state index contributed by atoms with van der Waals surface area (Å²) < 4.78 is 7.47. The second-order valence-corrected chi connectivity index (χ2v) is 6.72. The molecule has 6 heteroatoms. The number of aryl methyl sites for hydroxylation is 1. The van der Waals surface area contributed by atoms with E-state index in [1.165, 1.54) is 0 Å². The number of methoxy groups -OCH3 is 1. The van der Waals surface area contributed by atoms with Crippen LogP contribution in [-0.2, 0) is 11.3 Å². The van der Waals surface area contributed by atoms with Crippen molar-refractivity contribution in [2.45, 2.75) is 26.0 Å². The van der Waals surface area contributed by atoms with Gasteiger partial charge in [-0.05, 0) is 37.6 Å². The van der Waals surface area contributed by atoms with Gasteiger partial charge in [-0.3, -0.25) is 9.78 Å². The number of carbonyl (C=O) groups excluding carboxylic acids is 1. The third kappa shape index (κ3) is 2.97. The second kappa shape index (κ2) is 6.88. The first kappa shape index (κ1) is 16.7. The molecule has 2 aromatic heterocycles. The number of nitrogens with zero attached hydrogens (tertiary/aromatic N) is 4. The Morgan fingerprint density at radius 3 is 3.04 bits per heavy atom. The lowest BCUT2D eigenvalue weighted by Gasteiger charge is -2.19. The number of likely N-dealkylation sites (tertiary alicyclic amines) is 1. The zero-order chi connectivity index (χ0) is 18.1. The zero-order valence-corrected chi connectivity index (χ0v) is 15.1. The minimum absolute atomic E-state index is 0.0734. The molecular weight excluding hydrogens is 328 g/mol. The van der Waals surface area contributed by atoms with Crippen molar-refractivity contribution in [3.8, 4) is 0 Å². The van der Waals surface area contributed by atoms with E-state index in [9.17, 15) is 4.79 Å². The molecule has 1 fully saturated rings. The number of aromatic nitrogens is 3. The number of imidazole rings is 1. The summed E-state index contributed by atoms with van der Waals surface area (Å²) in [5.74, 6) is 0.991. The van der Waals surface area contributed by atoms with Gasteiger partial charge in [-0.15, -0.1) is 0 Å². The van der Waals surface area contributed by atoms with E-state index >= 15 is 0 Å². The summed E-state index contributed by atoms with van der Waals surface area (Å²) in [6.45, 7) is 3.97. The molecule has 0 spiro atoms. The van der Waals surface area contributed by atoms with Crippen LogP contribution < -0.4 is 0 Å². The number of rotatable bonds is 4. The maximum atomic E-state index is 13.0. The quantitative estimate of drug-likeness (QED) is 0.726. The van der Waals surface area contributed by atoms with Crippen LogP contribution >= 0.6 is 0 Å². The van der Waals surface area contributed by atoms with Crippen LogP contribution in [-0.4, -0.2) is 45.5 Å². The van der Waals surface area contributed by atoms with E-state index in [1.54, 1.807) is 13.3 Å². The Balaban J connectivity index is 1.54. The molecule has 0 N–H and O–H groups in total. The number of amides is 1. The molecule has 1 aromatic carbocycles. The van der Waals surface area contributed by atoms with Crippen LogP contribution in [0.5, 0.6) is 0 Å². The van der Waals surface area contributed by atoms with E-state index in [4.69, 9.17) is 4.74 Å². The lowest BCUT2D eigenvalue weighted by molar-refractivity contribution is 0.0787. The molecule has 0 saturated carbocycles. The first-order valence-electron chi connectivity index (χ1n) is 8.83. The van der Waals surface area contributed by atoms with Gasteiger partial charge in [-0.2, -0.15) is 0 Å². The Morgan fingerprint density at radius 2 is 2.19 bits per heavy atom. The summed E-state index contributed by atoms with van der Waals surface area (Å²) >= 11 is 0. The van der Waals surface area contributed by atoms with Gasteiger partial charge < -0.3 is 14.2 Å². The molecule has 1 saturated heterocycles. The van der Waals surface area contributed by atoms with Crippen LogP contribution in [0.2, 0.25) is 0 Å². The van der Waals surface area contributed by atoms with E-state index in [1.807, 2.05) is 48.4 Å². The standard InChI is InChI=1S/C20H22N4O2/c1-14-11-22-19(13-26-2)24(14)17-7-9-23(12-17)20(25)16-5-6-18-15(10-16)4-3-8-21-18/h3-6,8,10-11,17H,7,9,12-13H2,1-2H3. The number of hydrogen-bond donors (Lipinski definition) is 0. The summed E-state index contributed by atoms with van der Waals surface area (Å²) in [6.07, 6.45) is 4.56. The van der Waals surface area contributed by atoms with E-state index in [-0.39, 0.29) is 11.9 Å². The van der Waals surface area contributed by atoms with E-state index in [0.717, 1.165) is 35.4 Å². The molecule has 26 heavy (non-hydrogen) atoms. The monoisotopic (exact) mass is 350 g/mol. The van der Waals surface area contributed by atoms with Crippen LogP contribution in [0, 0.1) is 6.92 Å². The summed E-state index contributed by atoms with van der Waals surface area (Å²) in [6, 6.07) is 9.82. The first-order chi connectivity index (χ1) is 12.7. The zero-order valence-electron chi connectivity index (χ0n) is 15.1. The molecule has 134 valence electrons. The average molecular weight is 350 g/mol. The van der Waals surface area contributed by atoms with Crippen molar-refractivity contribution in [3.63, 3.8) is 0 Å². The fourth-order valence-electron chi connectivity index (χ4n) is 3.76. The number of hydrogen-bond acceptors (Lipinski definition) is 4. The minimum Gasteiger partial charge on any atom is -0.377 e. The lowest BCUT2D eigenvalue weighted by Crippen LogP contribution is -2.29. The third-order valence-electron chi connectivity index (χ3n) is 5.00. The molecule has 0 aliphatic carbocycles. The Bertz CT molecular complexity index is 950. The highest BCUT2D eigenvalue weighted by atomic mass is 16.5. The van der Waals surface area contributed by atoms with Gasteiger partial charge in [0.05, 0.1) is 11.6 Å². The molecule has 1 atom stereocenters. The summed E-state index contributed by atoms with van der Waals surface area (Å²) in [4.78, 5) is 23.6. The van der Waals surface area contributed by atoms with Crippen molar-refractivity contribution >= 4 is 16.8 Å². The molecule has 1 amide bonds. The Morgan fingerprint density at radius 1 is 1.31 bits per heavy atom. The Labute approximate surface area is 152 Å². The lowest BCUT2D eigenvalue weighted by atomic mass is 10.1. The van der Waals surface area contributed by atoms with E-state index < -0.39 is 0 Å². The maximum absolute atomic E-state index is 13.0. The van der Waals surface area contributed by atoms with Crippen molar-refractivity contribution in [3.05, 3.63) is 59.8 Å². The highest BCUT2D eigenvalue weighted by Gasteiger charge is 2.30. The largest absolute Gasteiger partial charge is 0.377 e. The number of carbonyl (C=O) groups is 1. The Kier molecular flexibility index (Phi) is 4.42. The second-order valence-electron chi connectivity index (χ2n) is 6.72. The predicted molar refractivity (Wildman–Crippen MR) is 99.0 cm³/mol. The molecular formula is C20H22N4O2. The molecule has 0 bridgehead atoms. The van der Waals surface area contributed by atoms with Crippen molar-refractivity contribution in [2.75, 3.05) is 20.2 Å². The number of pyridine rings is 1. The smallest absolute Gasteiger partial charge is 0.253 e. The molecule has 1 aliphatic rings. The molecule has 1 unspecified atom stereocenters. The minimum atomic E-state index is 0.0734. The van der Waals surface area contributed by atoms with Gasteiger partial charge in [0.1, 0.15) is 12.4 Å². The molecule has 3 aromatic rings. The van der Waals surface area contributed by atoms with Gasteiger partial charge in [0.25, 0.3) is 5.91 Å². The fourth-order valence-corrected chi connectivity index (χ4v) is 3.76. The van der Waals surface area contributed by atoms with Crippen LogP contribution in [0.15, 0.2) is 42.7 Å². The van der Waals surface area contributed by atoms with Crippen LogP contribution in [0.25, 0.3) is 10.9 Å². The molecule has 4 rings (SSSR count).